The summed E-state index contributed by atoms with van der Waals surface area (Å²) in [7, 11) is 3.11. The minimum absolute atomic E-state index is 0.313. The predicted octanol–water partition coefficient (Wildman–Crippen LogP) is 3.12. The van der Waals surface area contributed by atoms with Crippen molar-refractivity contribution in [1.29, 1.82) is 0 Å². The summed E-state index contributed by atoms with van der Waals surface area (Å²) in [5.74, 6) is 1.00. The monoisotopic (exact) mass is 426 g/mol. The fourth-order valence-corrected chi connectivity index (χ4v) is 3.83. The Labute approximate surface area is 182 Å². The number of methoxy groups -OCH3 is 2. The van der Waals surface area contributed by atoms with Gasteiger partial charge in [0.05, 0.1) is 43.2 Å². The van der Waals surface area contributed by atoms with Crippen molar-refractivity contribution in [1.82, 2.24) is 24.3 Å². The molecule has 5 rings (SSSR count). The van der Waals surface area contributed by atoms with Gasteiger partial charge >= 0.3 is 0 Å². The van der Waals surface area contributed by atoms with Gasteiger partial charge in [-0.3, -0.25) is 19.2 Å². The number of pyridine rings is 2. The van der Waals surface area contributed by atoms with E-state index in [4.69, 9.17) is 15.2 Å². The lowest BCUT2D eigenvalue weighted by molar-refractivity contribution is 0.100. The van der Waals surface area contributed by atoms with E-state index in [2.05, 4.69) is 19.9 Å². The molecule has 4 aromatic heterocycles. The Morgan fingerprint density at radius 2 is 1.66 bits per heavy atom. The number of nitrogens with two attached hydrogens (primary N) is 1. The molecule has 0 fully saturated rings. The zero-order valence-corrected chi connectivity index (χ0v) is 17.3. The van der Waals surface area contributed by atoms with E-state index in [9.17, 15) is 4.79 Å². The Balaban J connectivity index is 1.97. The zero-order chi connectivity index (χ0) is 22.2. The number of fused-ring (bicyclic) bond motifs is 3. The largest absolute Gasteiger partial charge is 0.495 e. The molecule has 9 nitrogen and oxygen atoms in total. The molecule has 0 spiro atoms. The first kappa shape index (κ1) is 19.4. The second-order valence-corrected chi connectivity index (χ2v) is 7.03. The third-order valence-corrected chi connectivity index (χ3v) is 5.21. The van der Waals surface area contributed by atoms with Gasteiger partial charge in [0.25, 0.3) is 0 Å². The first-order chi connectivity index (χ1) is 15.6. The highest BCUT2D eigenvalue weighted by Crippen LogP contribution is 2.39. The number of rotatable bonds is 5. The maximum Gasteiger partial charge on any atom is 0.250 e. The Morgan fingerprint density at radius 3 is 2.34 bits per heavy atom. The van der Waals surface area contributed by atoms with Gasteiger partial charge in [0, 0.05) is 41.5 Å². The second-order valence-electron chi connectivity index (χ2n) is 7.03. The van der Waals surface area contributed by atoms with E-state index in [1.807, 2.05) is 16.7 Å². The molecule has 0 aliphatic rings. The Bertz CT molecular complexity index is 1490. The number of aromatic nitrogens is 5. The summed E-state index contributed by atoms with van der Waals surface area (Å²) in [5.41, 5.74) is 10.1. The molecule has 2 N–H and O–H groups in total. The second kappa shape index (κ2) is 7.62. The number of hydrogen-bond donors (Lipinski definition) is 1. The van der Waals surface area contributed by atoms with Crippen molar-refractivity contribution >= 4 is 22.7 Å². The van der Waals surface area contributed by atoms with Crippen LogP contribution < -0.4 is 15.2 Å². The summed E-state index contributed by atoms with van der Waals surface area (Å²) in [6, 6.07) is 7.21. The van der Waals surface area contributed by atoms with Gasteiger partial charge in [-0.15, -0.1) is 0 Å². The van der Waals surface area contributed by atoms with Crippen LogP contribution in [0.25, 0.3) is 39.1 Å². The van der Waals surface area contributed by atoms with Crippen molar-refractivity contribution < 1.29 is 14.3 Å². The van der Waals surface area contributed by atoms with Crippen molar-refractivity contribution in [3.8, 4) is 33.8 Å². The van der Waals surface area contributed by atoms with Crippen molar-refractivity contribution in [2.24, 2.45) is 5.73 Å². The lowest BCUT2D eigenvalue weighted by Crippen LogP contribution is -2.15. The highest BCUT2D eigenvalue weighted by molar-refractivity contribution is 6.13. The molecular formula is C23H18N6O3. The van der Waals surface area contributed by atoms with Crippen molar-refractivity contribution in [2.45, 2.75) is 0 Å². The highest BCUT2D eigenvalue weighted by Gasteiger charge is 2.24. The molecule has 0 saturated heterocycles. The molecule has 0 aliphatic heterocycles. The van der Waals surface area contributed by atoms with Crippen molar-refractivity contribution in [2.75, 3.05) is 14.2 Å². The summed E-state index contributed by atoms with van der Waals surface area (Å²) in [6.07, 6.45) is 10.00. The van der Waals surface area contributed by atoms with E-state index in [1.54, 1.807) is 63.4 Å². The van der Waals surface area contributed by atoms with Gasteiger partial charge in [-0.2, -0.15) is 0 Å². The Hall–Kier alpha value is -4.53. The number of imidazole rings is 1. The number of primary amides is 1. The minimum atomic E-state index is -0.596. The number of benzene rings is 1. The first-order valence-electron chi connectivity index (χ1n) is 9.69. The van der Waals surface area contributed by atoms with Crippen LogP contribution in [0.3, 0.4) is 0 Å². The Kier molecular flexibility index (Phi) is 4.63. The number of ether oxygens (including phenoxy) is 2. The molecule has 0 aliphatic carbocycles. The summed E-state index contributed by atoms with van der Waals surface area (Å²) in [6.45, 7) is 0. The van der Waals surface area contributed by atoms with Gasteiger partial charge in [-0.05, 0) is 29.8 Å². The molecule has 4 heterocycles. The molecule has 0 bridgehead atoms. The number of amides is 1. The molecule has 1 aromatic carbocycles. The molecule has 9 heteroatoms. The van der Waals surface area contributed by atoms with Gasteiger partial charge in [-0.25, -0.2) is 9.97 Å². The maximum absolute atomic E-state index is 12.9. The summed E-state index contributed by atoms with van der Waals surface area (Å²) < 4.78 is 12.5. The standard InChI is InChI=1S/C23H18N6O3/c1-31-15-6-13(9-25-11-15)17-8-18-21(29-5-3-4-27-23(29)28-18)19(20(17)22(24)30)14-7-16(32-2)12-26-10-14/h3-12H,1-2H3,(H2,24,30). The number of carbonyl (C=O) groups is 1. The normalized spacial score (nSPS) is 11.1. The van der Waals surface area contributed by atoms with Crippen molar-refractivity contribution in [3.63, 3.8) is 0 Å². The molecule has 0 unspecified atom stereocenters. The van der Waals surface area contributed by atoms with Crippen LogP contribution in [0.2, 0.25) is 0 Å². The van der Waals surface area contributed by atoms with E-state index < -0.39 is 5.91 Å². The van der Waals surface area contributed by atoms with Gasteiger partial charge in [0.15, 0.2) is 0 Å². The van der Waals surface area contributed by atoms with Crippen LogP contribution >= 0.6 is 0 Å². The van der Waals surface area contributed by atoms with Crippen molar-refractivity contribution in [3.05, 3.63) is 67.0 Å². The molecule has 32 heavy (non-hydrogen) atoms. The number of carbonyl (C=O) groups excluding carboxylic acids is 1. The number of hydrogen-bond acceptors (Lipinski definition) is 7. The maximum atomic E-state index is 12.9. The highest BCUT2D eigenvalue weighted by atomic mass is 16.5. The predicted molar refractivity (Wildman–Crippen MR) is 119 cm³/mol. The van der Waals surface area contributed by atoms with Crippen LogP contribution in [0.15, 0.2) is 61.4 Å². The van der Waals surface area contributed by atoms with E-state index in [0.29, 0.717) is 56.1 Å². The van der Waals surface area contributed by atoms with E-state index in [0.717, 1.165) is 0 Å². The van der Waals surface area contributed by atoms with Gasteiger partial charge < -0.3 is 15.2 Å². The SMILES string of the molecule is COc1cncc(-c2cc3nc4ncccn4c3c(-c3cncc(OC)c3)c2C(N)=O)c1. The molecule has 0 saturated carbocycles. The lowest BCUT2D eigenvalue weighted by atomic mass is 9.91. The van der Waals surface area contributed by atoms with Gasteiger partial charge in [-0.1, -0.05) is 0 Å². The average molecular weight is 426 g/mol. The average Bonchev–Trinajstić information content (AvgIpc) is 3.21. The topological polar surface area (TPSA) is 118 Å². The fraction of sp³-hybridized carbons (Fsp3) is 0.0870. The van der Waals surface area contributed by atoms with Crippen LogP contribution in [0.1, 0.15) is 10.4 Å². The summed E-state index contributed by atoms with van der Waals surface area (Å²) >= 11 is 0. The van der Waals surface area contributed by atoms with Crippen LogP contribution in [-0.2, 0) is 0 Å². The smallest absolute Gasteiger partial charge is 0.250 e. The summed E-state index contributed by atoms with van der Waals surface area (Å²) in [4.78, 5) is 30.4. The fourth-order valence-electron chi connectivity index (χ4n) is 3.83. The molecule has 0 atom stereocenters. The van der Waals surface area contributed by atoms with Crippen LogP contribution in [0, 0.1) is 0 Å². The third-order valence-electron chi connectivity index (χ3n) is 5.21. The van der Waals surface area contributed by atoms with Gasteiger partial charge in [0.1, 0.15) is 11.5 Å². The molecular weight excluding hydrogens is 408 g/mol. The molecule has 5 aromatic rings. The third kappa shape index (κ3) is 3.07. The molecule has 1 amide bonds. The van der Waals surface area contributed by atoms with Crippen LogP contribution in [0.5, 0.6) is 11.5 Å². The molecule has 0 radical (unpaired) electrons. The first-order valence-corrected chi connectivity index (χ1v) is 9.69. The lowest BCUT2D eigenvalue weighted by Gasteiger charge is -2.15. The van der Waals surface area contributed by atoms with Gasteiger partial charge in [0.2, 0.25) is 11.7 Å². The van der Waals surface area contributed by atoms with E-state index in [-0.39, 0.29) is 0 Å². The summed E-state index contributed by atoms with van der Waals surface area (Å²) in [5, 5.41) is 0. The number of nitrogens with zero attached hydrogens (tertiary/aromatic N) is 5. The Morgan fingerprint density at radius 1 is 0.969 bits per heavy atom. The van der Waals surface area contributed by atoms with E-state index in [1.165, 1.54) is 0 Å². The molecule has 158 valence electrons. The van der Waals surface area contributed by atoms with Crippen LogP contribution in [-0.4, -0.2) is 44.5 Å². The van der Waals surface area contributed by atoms with Crippen LogP contribution in [0.4, 0.5) is 0 Å². The van der Waals surface area contributed by atoms with E-state index >= 15 is 0 Å². The quantitative estimate of drug-likeness (QED) is 0.459. The zero-order valence-electron chi connectivity index (χ0n) is 17.3. The minimum Gasteiger partial charge on any atom is -0.495 e.